The molecule has 0 bridgehead atoms. The van der Waals surface area contributed by atoms with Crippen molar-refractivity contribution in [1.82, 2.24) is 0 Å². The zero-order chi connectivity index (χ0) is 33.4. The van der Waals surface area contributed by atoms with Gasteiger partial charge in [0.1, 0.15) is 0 Å². The molecule has 0 aliphatic carbocycles. The average molecular weight is 678 g/mol. The van der Waals surface area contributed by atoms with Gasteiger partial charge in [0.15, 0.2) is 0 Å². The third-order valence-corrected chi connectivity index (χ3v) is 6.23. The van der Waals surface area contributed by atoms with E-state index in [1.807, 2.05) is 0 Å². The smallest absolute Gasteiger partial charge is 0.267 e. The van der Waals surface area contributed by atoms with Gasteiger partial charge in [-0.05, 0) is 6.92 Å². The van der Waals surface area contributed by atoms with Crippen molar-refractivity contribution >= 4 is 10.1 Å². The number of hydrogen-bond acceptors (Lipinski definition) is 3. The average Bonchev–Trinajstić information content (AvgIpc) is 2.69. The Kier molecular flexibility index (Phi) is 9.00. The molecule has 40 heavy (non-hydrogen) atoms. The molecule has 0 aliphatic heterocycles. The molecule has 27 heteroatoms. The van der Waals surface area contributed by atoms with Gasteiger partial charge in [-0.15, -0.1) is 0 Å². The highest BCUT2D eigenvalue weighted by Crippen LogP contribution is 2.67. The van der Waals surface area contributed by atoms with Crippen LogP contribution in [0.4, 0.5) is 101 Å². The van der Waals surface area contributed by atoms with Crippen molar-refractivity contribution in [2.75, 3.05) is 6.61 Å². The summed E-state index contributed by atoms with van der Waals surface area (Å²) in [5, 5.41) is -8.39. The first kappa shape index (κ1) is 38.3. The molecule has 242 valence electrons. The molecule has 0 aromatic rings. The van der Waals surface area contributed by atoms with Crippen molar-refractivity contribution < 1.29 is 114 Å². The molecular formula is C13H5F23O3S. The van der Waals surface area contributed by atoms with Crippen molar-refractivity contribution in [2.24, 2.45) is 0 Å². The van der Waals surface area contributed by atoms with Crippen LogP contribution in [0.1, 0.15) is 6.92 Å². The Hall–Kier alpha value is -1.70. The molecule has 0 aromatic carbocycles. The molecule has 0 heterocycles. The molecule has 1 unspecified atom stereocenters. The first-order chi connectivity index (χ1) is 16.8. The number of halogens is 23. The maximum Gasteiger partial charge on any atom is 0.460 e. The van der Waals surface area contributed by atoms with Crippen LogP contribution in [-0.4, -0.2) is 79.8 Å². The second kappa shape index (κ2) is 9.40. The van der Waals surface area contributed by atoms with Crippen molar-refractivity contribution in [1.29, 1.82) is 0 Å². The van der Waals surface area contributed by atoms with Gasteiger partial charge in [0.2, 0.25) is 0 Å². The topological polar surface area (TPSA) is 43.4 Å². The largest absolute Gasteiger partial charge is 0.460 e. The van der Waals surface area contributed by atoms with E-state index in [0.29, 0.717) is 0 Å². The Bertz CT molecular complexity index is 1040. The molecule has 0 aliphatic rings. The summed E-state index contributed by atoms with van der Waals surface area (Å²) in [5.41, 5.74) is 0. The van der Waals surface area contributed by atoms with E-state index in [2.05, 4.69) is 4.18 Å². The van der Waals surface area contributed by atoms with E-state index in [-0.39, 0.29) is 6.92 Å². The molecule has 0 saturated heterocycles. The third-order valence-electron chi connectivity index (χ3n) is 4.50. The fourth-order valence-corrected chi connectivity index (χ4v) is 3.47. The van der Waals surface area contributed by atoms with Crippen molar-refractivity contribution in [2.45, 2.75) is 71.7 Å². The van der Waals surface area contributed by atoms with Gasteiger partial charge in [0.05, 0.1) is 6.61 Å². The minimum Gasteiger partial charge on any atom is -0.267 e. The summed E-state index contributed by atoms with van der Waals surface area (Å²) in [5.74, 6) is -74.2. The van der Waals surface area contributed by atoms with E-state index in [4.69, 9.17) is 0 Å². The molecule has 0 radical (unpaired) electrons. The van der Waals surface area contributed by atoms with Gasteiger partial charge in [-0.3, -0.25) is 4.18 Å². The van der Waals surface area contributed by atoms with E-state index in [1.165, 1.54) is 0 Å². The maximum absolute atomic E-state index is 14.1. The first-order valence-electron chi connectivity index (χ1n) is 8.55. The Balaban J connectivity index is 7.58. The quantitative estimate of drug-likeness (QED) is 0.171. The minimum absolute atomic E-state index is 0.132. The fourth-order valence-electron chi connectivity index (χ4n) is 2.28. The zero-order valence-electron chi connectivity index (χ0n) is 17.5. The molecule has 1 atom stereocenters. The first-order valence-corrected chi connectivity index (χ1v) is 9.95. The van der Waals surface area contributed by atoms with Crippen LogP contribution in [0.2, 0.25) is 0 Å². The van der Waals surface area contributed by atoms with Crippen molar-refractivity contribution in [3.05, 3.63) is 0 Å². The Morgan fingerprint density at radius 3 is 0.825 bits per heavy atom. The van der Waals surface area contributed by atoms with Crippen molar-refractivity contribution in [3.8, 4) is 0 Å². The number of hydrogen-bond donors (Lipinski definition) is 0. The van der Waals surface area contributed by atoms with Gasteiger partial charge in [0.25, 0.3) is 0 Å². The summed E-state index contributed by atoms with van der Waals surface area (Å²) in [6.45, 7) is -1.85. The van der Waals surface area contributed by atoms with E-state index >= 15 is 0 Å². The summed E-state index contributed by atoms with van der Waals surface area (Å²) in [4.78, 5) is 0. The highest BCUT2D eigenvalue weighted by atomic mass is 32.2. The van der Waals surface area contributed by atoms with Gasteiger partial charge in [-0.1, -0.05) is 0 Å². The molecule has 0 N–H and O–H groups in total. The lowest BCUT2D eigenvalue weighted by Crippen LogP contribution is -2.78. The van der Waals surface area contributed by atoms with Crippen LogP contribution < -0.4 is 0 Å². The standard InChI is InChI=1S/C13H5F23O3S/c1-2-39-40(37,38)11(30,13(34,35)36)9(26,27)7(22,23)5(18,19)3(14,15)4(16,17)6(20,21)8(24,25)10(28,29)12(31,32)33/h2H2,1H3. The SMILES string of the molecule is CCOS(=O)(=O)C(F)(C(F)(F)F)C(F)(F)C(F)(F)C(F)(F)C(F)(F)C(F)(F)C(F)(F)C(F)(F)C(F)(F)C(F)(F)F. The van der Waals surface area contributed by atoms with Crippen LogP contribution in [0.3, 0.4) is 0 Å². The summed E-state index contributed by atoms with van der Waals surface area (Å²) < 4.78 is 329. The lowest BCUT2D eigenvalue weighted by Gasteiger charge is -2.45. The molecule has 0 aromatic heterocycles. The number of alkyl halides is 23. The van der Waals surface area contributed by atoms with E-state index in [9.17, 15) is 109 Å². The fraction of sp³-hybridized carbons (Fsp3) is 1.00. The predicted molar refractivity (Wildman–Crippen MR) is 76.1 cm³/mol. The highest BCUT2D eigenvalue weighted by molar-refractivity contribution is 7.88. The molecule has 0 spiro atoms. The predicted octanol–water partition coefficient (Wildman–Crippen LogP) is 7.23. The van der Waals surface area contributed by atoms with Crippen LogP contribution >= 0.6 is 0 Å². The lowest BCUT2D eigenvalue weighted by atomic mass is 9.86. The van der Waals surface area contributed by atoms with Crippen LogP contribution in [0.25, 0.3) is 0 Å². The molecule has 0 amide bonds. The van der Waals surface area contributed by atoms with E-state index in [0.717, 1.165) is 0 Å². The third kappa shape index (κ3) is 4.41. The van der Waals surface area contributed by atoms with Gasteiger partial charge in [-0.25, -0.2) is 4.39 Å². The van der Waals surface area contributed by atoms with Gasteiger partial charge >= 0.3 is 74.9 Å². The maximum atomic E-state index is 14.1. The summed E-state index contributed by atoms with van der Waals surface area (Å²) >= 11 is 0. The second-order valence-electron chi connectivity index (χ2n) is 7.05. The Morgan fingerprint density at radius 2 is 0.625 bits per heavy atom. The summed E-state index contributed by atoms with van der Waals surface area (Å²) in [7, 11) is -8.18. The highest BCUT2D eigenvalue weighted by Gasteiger charge is 3.00. The molecular weight excluding hydrogens is 673 g/mol. The van der Waals surface area contributed by atoms with Gasteiger partial charge in [0, 0.05) is 0 Å². The molecule has 0 rings (SSSR count). The zero-order valence-corrected chi connectivity index (χ0v) is 18.3. The van der Waals surface area contributed by atoms with E-state index < -0.39 is 81.5 Å². The number of rotatable bonds is 11. The van der Waals surface area contributed by atoms with Crippen molar-refractivity contribution in [3.63, 3.8) is 0 Å². The Morgan fingerprint density at radius 1 is 0.400 bits per heavy atom. The van der Waals surface area contributed by atoms with Crippen LogP contribution in [0, 0.1) is 0 Å². The molecule has 0 saturated carbocycles. The minimum atomic E-state index is -9.57. The van der Waals surface area contributed by atoms with E-state index in [1.54, 1.807) is 0 Å². The molecule has 3 nitrogen and oxygen atoms in total. The summed E-state index contributed by atoms with van der Waals surface area (Å²) in [6, 6.07) is 0. The van der Waals surface area contributed by atoms with Crippen LogP contribution in [0.5, 0.6) is 0 Å². The van der Waals surface area contributed by atoms with Gasteiger partial charge in [-0.2, -0.15) is 105 Å². The van der Waals surface area contributed by atoms with Gasteiger partial charge < -0.3 is 0 Å². The molecule has 0 fully saturated rings. The monoisotopic (exact) mass is 678 g/mol. The summed E-state index contributed by atoms with van der Waals surface area (Å²) in [6.07, 6.45) is -16.4. The van der Waals surface area contributed by atoms with Crippen LogP contribution in [0.15, 0.2) is 0 Å². The Labute approximate surface area is 203 Å². The van der Waals surface area contributed by atoms with Crippen LogP contribution in [-0.2, 0) is 14.3 Å². The lowest BCUT2D eigenvalue weighted by molar-refractivity contribution is -0.473. The second-order valence-corrected chi connectivity index (χ2v) is 8.75. The normalized spacial score (nSPS) is 18.1.